The molecule has 1 rings (SSSR count). The molecule has 1 unspecified atom stereocenters. The Morgan fingerprint density at radius 2 is 2.18 bits per heavy atom. The Kier molecular flexibility index (Phi) is 5.37. The molecule has 0 aliphatic rings. The molecule has 0 aliphatic carbocycles. The van der Waals surface area contributed by atoms with Gasteiger partial charge in [-0.3, -0.25) is 0 Å². The van der Waals surface area contributed by atoms with Crippen LogP contribution in [-0.4, -0.2) is 17.3 Å². The molecule has 0 aliphatic heterocycles. The van der Waals surface area contributed by atoms with E-state index in [9.17, 15) is 4.39 Å². The molecule has 17 heavy (non-hydrogen) atoms. The Bertz CT molecular complexity index is 372. The zero-order valence-corrected chi connectivity index (χ0v) is 11.0. The largest absolute Gasteiger partial charge is 0.396 e. The molecule has 1 aromatic rings. The van der Waals surface area contributed by atoms with Crippen molar-refractivity contribution in [3.8, 4) is 0 Å². The lowest BCUT2D eigenvalue weighted by molar-refractivity contribution is 0.214. The summed E-state index contributed by atoms with van der Waals surface area (Å²) in [7, 11) is 0. The van der Waals surface area contributed by atoms with Crippen LogP contribution in [0.1, 0.15) is 32.3 Å². The molecule has 0 heterocycles. The van der Waals surface area contributed by atoms with E-state index in [2.05, 4.69) is 5.32 Å². The summed E-state index contributed by atoms with van der Waals surface area (Å²) in [4.78, 5) is 0. The Labute approximate surface area is 107 Å². The van der Waals surface area contributed by atoms with E-state index < -0.39 is 0 Å². The van der Waals surface area contributed by atoms with Gasteiger partial charge in [-0.05, 0) is 38.0 Å². The van der Waals surface area contributed by atoms with E-state index in [4.69, 9.17) is 16.7 Å². The molecule has 0 radical (unpaired) electrons. The number of rotatable bonds is 6. The zero-order valence-electron chi connectivity index (χ0n) is 10.3. The van der Waals surface area contributed by atoms with Crippen molar-refractivity contribution in [3.05, 3.63) is 34.6 Å². The van der Waals surface area contributed by atoms with Crippen LogP contribution in [0.15, 0.2) is 18.2 Å². The van der Waals surface area contributed by atoms with E-state index in [-0.39, 0.29) is 18.0 Å². The molecule has 2 N–H and O–H groups in total. The first-order valence-electron chi connectivity index (χ1n) is 5.80. The molecule has 0 fully saturated rings. The predicted octanol–water partition coefficient (Wildman–Crippen LogP) is 3.12. The molecule has 0 amide bonds. The predicted molar refractivity (Wildman–Crippen MR) is 68.6 cm³/mol. The molecule has 0 saturated carbocycles. The summed E-state index contributed by atoms with van der Waals surface area (Å²) >= 11 is 5.83. The summed E-state index contributed by atoms with van der Waals surface area (Å²) in [5, 5.41) is 12.8. The first-order valence-corrected chi connectivity index (χ1v) is 6.18. The summed E-state index contributed by atoms with van der Waals surface area (Å²) in [5.74, 6) is -0.260. The number of hydrogen-bond acceptors (Lipinski definition) is 2. The lowest BCUT2D eigenvalue weighted by atomic mass is 9.94. The van der Waals surface area contributed by atoms with Crippen molar-refractivity contribution in [1.82, 2.24) is 5.32 Å². The van der Waals surface area contributed by atoms with E-state index >= 15 is 0 Å². The number of halogens is 2. The molecular formula is C13H19ClFNO. The van der Waals surface area contributed by atoms with Crippen LogP contribution in [0.3, 0.4) is 0 Å². The summed E-state index contributed by atoms with van der Waals surface area (Å²) in [5.41, 5.74) is 0.374. The highest BCUT2D eigenvalue weighted by atomic mass is 35.5. The summed E-state index contributed by atoms with van der Waals surface area (Å²) in [6.07, 6.45) is 1.52. The average molecular weight is 260 g/mol. The van der Waals surface area contributed by atoms with Crippen molar-refractivity contribution in [2.45, 2.75) is 38.8 Å². The van der Waals surface area contributed by atoms with Gasteiger partial charge in [0.2, 0.25) is 0 Å². The third-order valence-corrected chi connectivity index (χ3v) is 3.39. The summed E-state index contributed by atoms with van der Waals surface area (Å²) in [6.45, 7) is 4.59. The van der Waals surface area contributed by atoms with Crippen molar-refractivity contribution in [2.24, 2.45) is 0 Å². The molecule has 1 aromatic carbocycles. The van der Waals surface area contributed by atoms with Crippen LogP contribution >= 0.6 is 11.6 Å². The minimum absolute atomic E-state index is 0.120. The molecule has 4 heteroatoms. The van der Waals surface area contributed by atoms with Crippen LogP contribution < -0.4 is 5.32 Å². The first-order chi connectivity index (χ1) is 8.00. The van der Waals surface area contributed by atoms with Gasteiger partial charge in [0.15, 0.2) is 0 Å². The van der Waals surface area contributed by atoms with Crippen LogP contribution in [0.2, 0.25) is 5.02 Å². The second-order valence-corrected chi connectivity index (χ2v) is 4.91. The van der Waals surface area contributed by atoms with Gasteiger partial charge in [0, 0.05) is 29.3 Å². The SMILES string of the molecule is CCC(C)(CCO)NCc1cc(Cl)ccc1F. The molecule has 0 saturated heterocycles. The maximum Gasteiger partial charge on any atom is 0.127 e. The number of aliphatic hydroxyl groups is 1. The van der Waals surface area contributed by atoms with E-state index in [1.165, 1.54) is 12.1 Å². The van der Waals surface area contributed by atoms with Gasteiger partial charge in [-0.2, -0.15) is 0 Å². The second kappa shape index (κ2) is 6.34. The van der Waals surface area contributed by atoms with Crippen molar-refractivity contribution >= 4 is 11.6 Å². The third kappa shape index (κ3) is 4.26. The number of hydrogen-bond donors (Lipinski definition) is 2. The van der Waals surface area contributed by atoms with Gasteiger partial charge < -0.3 is 10.4 Å². The van der Waals surface area contributed by atoms with Gasteiger partial charge in [0.25, 0.3) is 0 Å². The highest BCUT2D eigenvalue weighted by Crippen LogP contribution is 2.18. The average Bonchev–Trinajstić information content (AvgIpc) is 2.31. The fourth-order valence-electron chi connectivity index (χ4n) is 1.62. The van der Waals surface area contributed by atoms with E-state index in [0.29, 0.717) is 23.6 Å². The van der Waals surface area contributed by atoms with Gasteiger partial charge in [-0.25, -0.2) is 4.39 Å². The third-order valence-electron chi connectivity index (χ3n) is 3.16. The molecule has 0 spiro atoms. The second-order valence-electron chi connectivity index (χ2n) is 4.48. The van der Waals surface area contributed by atoms with E-state index in [1.807, 2.05) is 13.8 Å². The molecule has 96 valence electrons. The molecular weight excluding hydrogens is 241 g/mol. The lowest BCUT2D eigenvalue weighted by Crippen LogP contribution is -2.42. The van der Waals surface area contributed by atoms with Crippen molar-refractivity contribution in [2.75, 3.05) is 6.61 Å². The number of nitrogens with one attached hydrogen (secondary N) is 1. The number of aliphatic hydroxyl groups excluding tert-OH is 1. The smallest absolute Gasteiger partial charge is 0.127 e. The van der Waals surface area contributed by atoms with Gasteiger partial charge in [-0.1, -0.05) is 18.5 Å². The van der Waals surface area contributed by atoms with Crippen LogP contribution in [0.25, 0.3) is 0 Å². The van der Waals surface area contributed by atoms with Crippen molar-refractivity contribution < 1.29 is 9.50 Å². The van der Waals surface area contributed by atoms with E-state index in [1.54, 1.807) is 6.07 Å². The minimum atomic E-state index is -0.260. The van der Waals surface area contributed by atoms with E-state index in [0.717, 1.165) is 6.42 Å². The van der Waals surface area contributed by atoms with Crippen LogP contribution in [0.5, 0.6) is 0 Å². The monoisotopic (exact) mass is 259 g/mol. The molecule has 1 atom stereocenters. The minimum Gasteiger partial charge on any atom is -0.396 e. The quantitative estimate of drug-likeness (QED) is 0.823. The molecule has 0 aromatic heterocycles. The maximum absolute atomic E-state index is 13.5. The Morgan fingerprint density at radius 1 is 1.47 bits per heavy atom. The highest BCUT2D eigenvalue weighted by Gasteiger charge is 2.20. The zero-order chi connectivity index (χ0) is 12.9. The Morgan fingerprint density at radius 3 is 2.76 bits per heavy atom. The number of benzene rings is 1. The van der Waals surface area contributed by atoms with Crippen molar-refractivity contribution in [1.29, 1.82) is 0 Å². The normalized spacial score (nSPS) is 14.6. The fourth-order valence-corrected chi connectivity index (χ4v) is 1.82. The van der Waals surface area contributed by atoms with Gasteiger partial charge >= 0.3 is 0 Å². The standard InChI is InChI=1S/C13H19ClFNO/c1-3-13(2,6-7-17)16-9-10-8-11(14)4-5-12(10)15/h4-5,8,16-17H,3,6-7,9H2,1-2H3. The fraction of sp³-hybridized carbons (Fsp3) is 0.538. The lowest BCUT2D eigenvalue weighted by Gasteiger charge is -2.29. The first kappa shape index (κ1) is 14.4. The van der Waals surface area contributed by atoms with Gasteiger partial charge in [0.1, 0.15) is 5.82 Å². The maximum atomic E-state index is 13.5. The van der Waals surface area contributed by atoms with Crippen LogP contribution in [0.4, 0.5) is 4.39 Å². The van der Waals surface area contributed by atoms with Crippen molar-refractivity contribution in [3.63, 3.8) is 0 Å². The molecule has 2 nitrogen and oxygen atoms in total. The highest BCUT2D eigenvalue weighted by molar-refractivity contribution is 6.30. The van der Waals surface area contributed by atoms with Crippen LogP contribution in [-0.2, 0) is 6.54 Å². The van der Waals surface area contributed by atoms with Crippen LogP contribution in [0, 0.1) is 5.82 Å². The molecule has 0 bridgehead atoms. The Balaban J connectivity index is 2.68. The Hall–Kier alpha value is -0.640. The topological polar surface area (TPSA) is 32.3 Å². The van der Waals surface area contributed by atoms with Gasteiger partial charge in [0.05, 0.1) is 0 Å². The van der Waals surface area contributed by atoms with Gasteiger partial charge in [-0.15, -0.1) is 0 Å². The summed E-state index contributed by atoms with van der Waals surface area (Å²) < 4.78 is 13.5. The summed E-state index contributed by atoms with van der Waals surface area (Å²) in [6, 6.07) is 4.53.